The number of nitrogens with zero attached hydrogens (tertiary/aromatic N) is 2. The minimum absolute atomic E-state index is 0.0588. The van der Waals surface area contributed by atoms with E-state index in [1.807, 2.05) is 6.92 Å². The molecule has 1 saturated heterocycles. The van der Waals surface area contributed by atoms with Gasteiger partial charge in [0.05, 0.1) is 13.2 Å². The van der Waals surface area contributed by atoms with Gasteiger partial charge in [-0.15, -0.1) is 0 Å². The molecule has 16 heavy (non-hydrogen) atoms. The topological polar surface area (TPSA) is 47.9 Å². The second kappa shape index (κ2) is 4.35. The molecule has 1 heterocycles. The highest BCUT2D eigenvalue weighted by molar-refractivity contribution is 5.61. The Hall–Kier alpha value is -1.20. The molecule has 1 rings (SSSR count). The number of carbonyl (C=O) groups excluding carboxylic acids is 1. The molecule has 0 aliphatic carbocycles. The Kier molecular flexibility index (Phi) is 3.50. The molecule has 1 aliphatic heterocycles. The fourth-order valence-electron chi connectivity index (χ4n) is 1.23. The van der Waals surface area contributed by atoms with E-state index in [1.165, 1.54) is 0 Å². The van der Waals surface area contributed by atoms with Crippen LogP contribution in [0.5, 0.6) is 0 Å². The van der Waals surface area contributed by atoms with E-state index in [2.05, 4.69) is 18.4 Å². The van der Waals surface area contributed by atoms with E-state index in [-0.39, 0.29) is 10.0 Å². The van der Waals surface area contributed by atoms with Gasteiger partial charge in [0.2, 0.25) is 0 Å². The molecule has 0 radical (unpaired) electrons. The Bertz CT molecular complexity index is 323. The van der Waals surface area contributed by atoms with E-state index >= 15 is 0 Å². The molecule has 0 aromatic heterocycles. The smallest absolute Gasteiger partial charge is 0.417 e. The molecule has 1 unspecified atom stereocenters. The number of hydrogen-bond acceptors (Lipinski definition) is 4. The van der Waals surface area contributed by atoms with E-state index in [0.717, 1.165) is 0 Å². The van der Waals surface area contributed by atoms with Gasteiger partial charge in [-0.05, 0) is 6.58 Å². The molecule has 0 aromatic carbocycles. The third kappa shape index (κ3) is 2.31. The molecule has 0 N–H and O–H groups in total. The van der Waals surface area contributed by atoms with Gasteiger partial charge in [0.25, 0.3) is 0 Å². The highest BCUT2D eigenvalue weighted by Crippen LogP contribution is 2.27. The zero-order chi connectivity index (χ0) is 12.4. The van der Waals surface area contributed by atoms with Crippen molar-refractivity contribution >= 4 is 12.8 Å². The first-order valence-corrected chi connectivity index (χ1v) is 5.10. The molecule has 1 aliphatic rings. The van der Waals surface area contributed by atoms with Gasteiger partial charge in [-0.1, -0.05) is 16.6 Å². The molecule has 1 fully saturated rings. The highest BCUT2D eigenvalue weighted by atomic mass is 16.6. The summed E-state index contributed by atoms with van der Waals surface area (Å²) < 4.78 is 9.95. The van der Waals surface area contributed by atoms with Crippen LogP contribution in [0.25, 0.3) is 0 Å². The van der Waals surface area contributed by atoms with Crippen molar-refractivity contribution < 1.29 is 18.9 Å². The first-order valence-electron chi connectivity index (χ1n) is 5.10. The maximum atomic E-state index is 11.8. The van der Waals surface area contributed by atoms with Crippen molar-refractivity contribution in [3.05, 3.63) is 12.3 Å². The Morgan fingerprint density at radius 2 is 2.19 bits per heavy atom. The molecule has 1 atom stereocenters. The van der Waals surface area contributed by atoms with Crippen LogP contribution >= 0.6 is 0 Å². The zero-order valence-corrected chi connectivity index (χ0v) is 10.2. The summed E-state index contributed by atoms with van der Waals surface area (Å²) in [6.07, 6.45) is -0.462. The Balaban J connectivity index is 2.57. The van der Waals surface area contributed by atoms with Crippen molar-refractivity contribution in [1.29, 1.82) is 0 Å². The zero-order valence-electron chi connectivity index (χ0n) is 10.2. The first kappa shape index (κ1) is 12.9. The largest absolute Gasteiger partial charge is 0.548 e. The van der Waals surface area contributed by atoms with Crippen LogP contribution in [0.15, 0.2) is 17.4 Å². The van der Waals surface area contributed by atoms with Gasteiger partial charge < -0.3 is 9.47 Å². The van der Waals surface area contributed by atoms with Gasteiger partial charge in [0, 0.05) is 19.1 Å². The van der Waals surface area contributed by atoms with Crippen LogP contribution in [0, 0.1) is 5.41 Å². The minimum atomic E-state index is -0.462. The van der Waals surface area contributed by atoms with Crippen LogP contribution < -0.4 is 0 Å². The van der Waals surface area contributed by atoms with Crippen LogP contribution in [-0.2, 0) is 9.47 Å². The standard InChI is InChI=1S/C11H19N2O3/c1-9(2)13(5,12-4)10(14)16-8-11(3)6-15-7-11/h1,4,6-8H2,2-3,5H3/q+1. The van der Waals surface area contributed by atoms with E-state index < -0.39 is 6.09 Å². The maximum absolute atomic E-state index is 11.8. The molecule has 90 valence electrons. The van der Waals surface area contributed by atoms with Crippen LogP contribution in [0.2, 0.25) is 0 Å². The lowest BCUT2D eigenvalue weighted by Crippen LogP contribution is -2.48. The van der Waals surface area contributed by atoms with Crippen LogP contribution in [0.4, 0.5) is 4.79 Å². The highest BCUT2D eigenvalue weighted by Gasteiger charge is 2.40. The molecule has 0 saturated carbocycles. The Morgan fingerprint density at radius 1 is 1.62 bits per heavy atom. The average molecular weight is 227 g/mol. The molecule has 0 bridgehead atoms. The summed E-state index contributed by atoms with van der Waals surface area (Å²) >= 11 is 0. The summed E-state index contributed by atoms with van der Waals surface area (Å²) in [5.74, 6) is 0. The molecular formula is C11H19N2O3+. The molecule has 5 nitrogen and oxygen atoms in total. The molecule has 0 spiro atoms. The summed E-state index contributed by atoms with van der Waals surface area (Å²) in [7, 11) is 1.59. The maximum Gasteiger partial charge on any atom is 0.548 e. The van der Waals surface area contributed by atoms with Crippen molar-refractivity contribution in [2.24, 2.45) is 10.5 Å². The number of allylic oxidation sites excluding steroid dienone is 1. The summed E-state index contributed by atoms with van der Waals surface area (Å²) in [6, 6.07) is 0. The number of quaternary nitrogens is 1. The summed E-state index contributed by atoms with van der Waals surface area (Å²) in [6.45, 7) is 12.4. The second-order valence-corrected chi connectivity index (χ2v) is 4.69. The number of amides is 1. The minimum Gasteiger partial charge on any atom is -0.417 e. The lowest BCUT2D eigenvalue weighted by atomic mass is 9.90. The summed E-state index contributed by atoms with van der Waals surface area (Å²) in [4.78, 5) is 11.8. The van der Waals surface area contributed by atoms with Gasteiger partial charge in [-0.2, -0.15) is 4.79 Å². The normalized spacial score (nSPS) is 21.4. The van der Waals surface area contributed by atoms with Crippen molar-refractivity contribution in [3.63, 3.8) is 0 Å². The van der Waals surface area contributed by atoms with Gasteiger partial charge in [0.15, 0.2) is 0 Å². The van der Waals surface area contributed by atoms with Gasteiger partial charge >= 0.3 is 6.09 Å². The first-order chi connectivity index (χ1) is 7.34. The number of ether oxygens (including phenoxy) is 2. The summed E-state index contributed by atoms with van der Waals surface area (Å²) in [5, 5.41) is 3.75. The van der Waals surface area contributed by atoms with E-state index in [0.29, 0.717) is 25.5 Å². The van der Waals surface area contributed by atoms with Crippen molar-refractivity contribution in [1.82, 2.24) is 0 Å². The monoisotopic (exact) mass is 227 g/mol. The second-order valence-electron chi connectivity index (χ2n) is 4.69. The fraction of sp³-hybridized carbons (Fsp3) is 0.636. The Morgan fingerprint density at radius 3 is 2.50 bits per heavy atom. The molecule has 1 amide bonds. The third-order valence-corrected chi connectivity index (χ3v) is 2.83. The van der Waals surface area contributed by atoms with Crippen molar-refractivity contribution in [2.45, 2.75) is 13.8 Å². The molecule has 5 heteroatoms. The lowest BCUT2D eigenvalue weighted by molar-refractivity contribution is -0.804. The van der Waals surface area contributed by atoms with Crippen LogP contribution in [-0.4, -0.2) is 44.3 Å². The summed E-state index contributed by atoms with van der Waals surface area (Å²) in [5.41, 5.74) is 0.506. The number of hydrogen-bond donors (Lipinski definition) is 0. The predicted molar refractivity (Wildman–Crippen MR) is 60.8 cm³/mol. The molecular weight excluding hydrogens is 208 g/mol. The van der Waals surface area contributed by atoms with Gasteiger partial charge in [0.1, 0.15) is 19.4 Å². The number of carbonyl (C=O) groups is 1. The van der Waals surface area contributed by atoms with Crippen molar-refractivity contribution in [3.8, 4) is 0 Å². The lowest BCUT2D eigenvalue weighted by Gasteiger charge is -2.37. The van der Waals surface area contributed by atoms with Gasteiger partial charge in [-0.3, -0.25) is 0 Å². The van der Waals surface area contributed by atoms with Crippen LogP contribution in [0.3, 0.4) is 0 Å². The molecule has 0 aromatic rings. The van der Waals surface area contributed by atoms with Crippen LogP contribution in [0.1, 0.15) is 13.8 Å². The predicted octanol–water partition coefficient (Wildman–Crippen LogP) is 1.76. The third-order valence-electron chi connectivity index (χ3n) is 2.83. The Labute approximate surface area is 95.9 Å². The van der Waals surface area contributed by atoms with E-state index in [9.17, 15) is 4.79 Å². The van der Waals surface area contributed by atoms with Gasteiger partial charge in [-0.25, -0.2) is 0 Å². The number of rotatable bonds is 4. The SMILES string of the molecule is C=N[N+](C)(C(=C)C)C(=O)OCC1(C)COC1. The average Bonchev–Trinajstić information content (AvgIpc) is 2.21. The van der Waals surface area contributed by atoms with E-state index in [4.69, 9.17) is 9.47 Å². The fourth-order valence-corrected chi connectivity index (χ4v) is 1.23. The van der Waals surface area contributed by atoms with E-state index in [1.54, 1.807) is 14.0 Å². The quantitative estimate of drug-likeness (QED) is 0.417. The van der Waals surface area contributed by atoms with Crippen molar-refractivity contribution in [2.75, 3.05) is 26.9 Å².